The van der Waals surface area contributed by atoms with Gasteiger partial charge in [0.2, 0.25) is 0 Å². The van der Waals surface area contributed by atoms with Crippen LogP contribution in [0.25, 0.3) is 10.1 Å². The van der Waals surface area contributed by atoms with Crippen molar-refractivity contribution in [2.75, 3.05) is 0 Å². The number of halogens is 1. The Morgan fingerprint density at radius 1 is 1.40 bits per heavy atom. The minimum atomic E-state index is -0.358. The van der Waals surface area contributed by atoms with Crippen LogP contribution in [0.2, 0.25) is 0 Å². The number of thiophene rings is 1. The molecule has 15 heavy (non-hydrogen) atoms. The van der Waals surface area contributed by atoms with Gasteiger partial charge in [-0.25, -0.2) is 0 Å². The van der Waals surface area contributed by atoms with Crippen LogP contribution in [-0.2, 0) is 6.42 Å². The molecule has 80 valence electrons. The van der Waals surface area contributed by atoms with Crippen molar-refractivity contribution in [1.82, 2.24) is 0 Å². The molecule has 0 N–H and O–H groups in total. The Labute approximate surface area is 97.3 Å². The number of non-ortho nitro benzene ring substituents is 1. The maximum Gasteiger partial charge on any atom is 0.270 e. The van der Waals surface area contributed by atoms with Crippen LogP contribution >= 0.6 is 23.7 Å². The van der Waals surface area contributed by atoms with E-state index >= 15 is 0 Å². The van der Waals surface area contributed by atoms with E-state index in [1.165, 1.54) is 4.88 Å². The Balaban J connectivity index is 0.00000112. The van der Waals surface area contributed by atoms with Crippen molar-refractivity contribution in [3.05, 3.63) is 39.3 Å². The van der Waals surface area contributed by atoms with Gasteiger partial charge in [0, 0.05) is 21.7 Å². The maximum absolute atomic E-state index is 10.5. The standard InChI is InChI=1S/C10H9NO2S.ClH/c1-2-9-6-7-5-8(11(12)13)3-4-10(7)14-9;/h3-6H,2H2,1H3;1H. The summed E-state index contributed by atoms with van der Waals surface area (Å²) in [7, 11) is 0. The molecule has 2 aromatic rings. The van der Waals surface area contributed by atoms with E-state index in [4.69, 9.17) is 0 Å². The van der Waals surface area contributed by atoms with Crippen LogP contribution < -0.4 is 0 Å². The molecule has 0 aliphatic rings. The third-order valence-electron chi connectivity index (χ3n) is 2.11. The van der Waals surface area contributed by atoms with Gasteiger partial charge < -0.3 is 0 Å². The van der Waals surface area contributed by atoms with E-state index in [0.29, 0.717) is 0 Å². The first-order valence-corrected chi connectivity index (χ1v) is 5.19. The molecule has 0 unspecified atom stereocenters. The molecule has 0 spiro atoms. The highest BCUT2D eigenvalue weighted by Gasteiger charge is 2.07. The highest BCUT2D eigenvalue weighted by molar-refractivity contribution is 7.19. The Morgan fingerprint density at radius 3 is 2.73 bits per heavy atom. The first-order chi connectivity index (χ1) is 6.70. The normalized spacial score (nSPS) is 9.93. The molecule has 0 bridgehead atoms. The Kier molecular flexibility index (Phi) is 3.66. The van der Waals surface area contributed by atoms with Crippen molar-refractivity contribution in [2.45, 2.75) is 13.3 Å². The predicted molar refractivity (Wildman–Crippen MR) is 65.1 cm³/mol. The molecular formula is C10H10ClNO2S. The fraction of sp³-hybridized carbons (Fsp3) is 0.200. The van der Waals surface area contributed by atoms with E-state index in [9.17, 15) is 10.1 Å². The lowest BCUT2D eigenvalue weighted by Gasteiger charge is -1.90. The fourth-order valence-corrected chi connectivity index (χ4v) is 2.36. The van der Waals surface area contributed by atoms with E-state index in [1.54, 1.807) is 23.5 Å². The molecule has 0 aliphatic carbocycles. The lowest BCUT2D eigenvalue weighted by molar-refractivity contribution is -0.384. The molecule has 5 heteroatoms. The van der Waals surface area contributed by atoms with Crippen LogP contribution in [0.15, 0.2) is 24.3 Å². The van der Waals surface area contributed by atoms with Crippen LogP contribution in [0.1, 0.15) is 11.8 Å². The van der Waals surface area contributed by atoms with Crippen molar-refractivity contribution in [3.8, 4) is 0 Å². The summed E-state index contributed by atoms with van der Waals surface area (Å²) in [4.78, 5) is 11.4. The van der Waals surface area contributed by atoms with Crippen LogP contribution in [-0.4, -0.2) is 4.92 Å². The third-order valence-corrected chi connectivity index (χ3v) is 3.37. The molecule has 0 saturated carbocycles. The lowest BCUT2D eigenvalue weighted by Crippen LogP contribution is -1.85. The molecule has 0 aliphatic heterocycles. The smallest absolute Gasteiger partial charge is 0.258 e. The number of nitrogens with zero attached hydrogens (tertiary/aromatic N) is 1. The van der Waals surface area contributed by atoms with Gasteiger partial charge in [0.15, 0.2) is 0 Å². The molecule has 1 aromatic carbocycles. The molecule has 1 aromatic heterocycles. The summed E-state index contributed by atoms with van der Waals surface area (Å²) in [6.07, 6.45) is 0.979. The van der Waals surface area contributed by atoms with Gasteiger partial charge in [0.25, 0.3) is 5.69 Å². The van der Waals surface area contributed by atoms with Crippen LogP contribution in [0.3, 0.4) is 0 Å². The number of fused-ring (bicyclic) bond motifs is 1. The minimum absolute atomic E-state index is 0. The molecule has 3 nitrogen and oxygen atoms in total. The highest BCUT2D eigenvalue weighted by atomic mass is 35.5. The molecule has 0 atom stereocenters. The van der Waals surface area contributed by atoms with Gasteiger partial charge in [0.1, 0.15) is 0 Å². The number of nitro groups is 1. The van der Waals surface area contributed by atoms with E-state index in [2.05, 4.69) is 6.92 Å². The SMILES string of the molecule is CCc1cc2cc([N+](=O)[O-])ccc2s1.Cl. The topological polar surface area (TPSA) is 43.1 Å². The number of benzene rings is 1. The van der Waals surface area contributed by atoms with Gasteiger partial charge in [-0.1, -0.05) is 6.92 Å². The second kappa shape index (κ2) is 4.59. The van der Waals surface area contributed by atoms with E-state index in [0.717, 1.165) is 16.5 Å². The summed E-state index contributed by atoms with van der Waals surface area (Å²) in [6.45, 7) is 2.08. The average molecular weight is 244 g/mol. The molecule has 2 rings (SSSR count). The van der Waals surface area contributed by atoms with Crippen molar-refractivity contribution in [3.63, 3.8) is 0 Å². The summed E-state index contributed by atoms with van der Waals surface area (Å²) in [5.41, 5.74) is 0.165. The van der Waals surface area contributed by atoms with Gasteiger partial charge in [-0.15, -0.1) is 23.7 Å². The number of rotatable bonds is 2. The number of hydrogen-bond acceptors (Lipinski definition) is 3. The second-order valence-electron chi connectivity index (χ2n) is 3.05. The Hall–Kier alpha value is -1.13. The van der Waals surface area contributed by atoms with Crippen molar-refractivity contribution >= 4 is 39.5 Å². The molecule has 0 amide bonds. The Bertz CT molecular complexity index is 495. The number of hydrogen-bond donors (Lipinski definition) is 0. The van der Waals surface area contributed by atoms with E-state index in [-0.39, 0.29) is 23.0 Å². The highest BCUT2D eigenvalue weighted by Crippen LogP contribution is 2.28. The molecule has 1 heterocycles. The quantitative estimate of drug-likeness (QED) is 0.595. The van der Waals surface area contributed by atoms with E-state index in [1.807, 2.05) is 12.1 Å². The molecular weight excluding hydrogens is 234 g/mol. The predicted octanol–water partition coefficient (Wildman–Crippen LogP) is 3.79. The summed E-state index contributed by atoms with van der Waals surface area (Å²) in [5, 5.41) is 11.5. The maximum atomic E-state index is 10.5. The zero-order valence-corrected chi connectivity index (χ0v) is 9.73. The first kappa shape index (κ1) is 11.9. The summed E-state index contributed by atoms with van der Waals surface area (Å²) < 4.78 is 1.12. The van der Waals surface area contributed by atoms with Crippen LogP contribution in [0.5, 0.6) is 0 Å². The lowest BCUT2D eigenvalue weighted by atomic mass is 10.2. The van der Waals surface area contributed by atoms with Gasteiger partial charge in [-0.3, -0.25) is 10.1 Å². The van der Waals surface area contributed by atoms with Crippen molar-refractivity contribution < 1.29 is 4.92 Å². The van der Waals surface area contributed by atoms with Gasteiger partial charge in [-0.05, 0) is 23.9 Å². The van der Waals surface area contributed by atoms with Crippen LogP contribution in [0, 0.1) is 10.1 Å². The zero-order valence-electron chi connectivity index (χ0n) is 8.10. The first-order valence-electron chi connectivity index (χ1n) is 4.37. The monoisotopic (exact) mass is 243 g/mol. The number of aryl methyl sites for hydroxylation is 1. The number of nitro benzene ring substituents is 1. The average Bonchev–Trinajstić information content (AvgIpc) is 2.58. The zero-order chi connectivity index (χ0) is 10.1. The van der Waals surface area contributed by atoms with E-state index < -0.39 is 0 Å². The minimum Gasteiger partial charge on any atom is -0.258 e. The Morgan fingerprint density at radius 2 is 2.13 bits per heavy atom. The van der Waals surface area contributed by atoms with Crippen molar-refractivity contribution in [1.29, 1.82) is 0 Å². The summed E-state index contributed by atoms with van der Waals surface area (Å²) in [6, 6.07) is 7.02. The summed E-state index contributed by atoms with van der Waals surface area (Å²) >= 11 is 1.70. The van der Waals surface area contributed by atoms with Gasteiger partial charge >= 0.3 is 0 Å². The summed E-state index contributed by atoms with van der Waals surface area (Å²) in [5.74, 6) is 0. The largest absolute Gasteiger partial charge is 0.270 e. The van der Waals surface area contributed by atoms with Crippen molar-refractivity contribution in [2.24, 2.45) is 0 Å². The van der Waals surface area contributed by atoms with Crippen LogP contribution in [0.4, 0.5) is 5.69 Å². The molecule has 0 fully saturated rings. The fourth-order valence-electron chi connectivity index (χ4n) is 1.37. The van der Waals surface area contributed by atoms with Gasteiger partial charge in [-0.2, -0.15) is 0 Å². The molecule has 0 radical (unpaired) electrons. The molecule has 0 saturated heterocycles. The van der Waals surface area contributed by atoms with Gasteiger partial charge in [0.05, 0.1) is 4.92 Å². The third kappa shape index (κ3) is 2.27. The second-order valence-corrected chi connectivity index (χ2v) is 4.21.